The second-order valence-corrected chi connectivity index (χ2v) is 5.79. The minimum absolute atomic E-state index is 0.129. The molecule has 0 heterocycles. The summed E-state index contributed by atoms with van der Waals surface area (Å²) >= 11 is 0. The van der Waals surface area contributed by atoms with Crippen molar-refractivity contribution in [2.24, 2.45) is 17.8 Å². The van der Waals surface area contributed by atoms with Crippen molar-refractivity contribution >= 4 is 11.9 Å². The predicted molar refractivity (Wildman–Crippen MR) is 70.2 cm³/mol. The largest absolute Gasteiger partial charge is 0.481 e. The molecule has 0 atom stereocenters. The Morgan fingerprint density at radius 2 is 1.83 bits per heavy atom. The van der Waals surface area contributed by atoms with Gasteiger partial charge in [-0.25, -0.2) is 0 Å². The third-order valence-corrected chi connectivity index (χ3v) is 3.73. The zero-order chi connectivity index (χ0) is 13.5. The minimum atomic E-state index is -0.672. The van der Waals surface area contributed by atoms with Crippen LogP contribution in [0.25, 0.3) is 0 Å². The maximum absolute atomic E-state index is 11.6. The third kappa shape index (κ3) is 5.52. The first kappa shape index (κ1) is 15.0. The molecule has 1 aliphatic rings. The summed E-state index contributed by atoms with van der Waals surface area (Å²) in [4.78, 5) is 22.4. The van der Waals surface area contributed by atoms with Crippen molar-refractivity contribution in [1.82, 2.24) is 5.32 Å². The van der Waals surface area contributed by atoms with Gasteiger partial charge in [0.05, 0.1) is 5.92 Å². The lowest BCUT2D eigenvalue weighted by Gasteiger charge is -2.26. The normalized spacial score (nSPS) is 23.9. The van der Waals surface area contributed by atoms with Crippen molar-refractivity contribution in [3.8, 4) is 0 Å². The van der Waals surface area contributed by atoms with Gasteiger partial charge in [0.2, 0.25) is 5.91 Å². The highest BCUT2D eigenvalue weighted by Gasteiger charge is 2.25. The SMILES string of the molecule is CC(C)CCC(=O)NCC1CCC(C(=O)O)CC1. The van der Waals surface area contributed by atoms with E-state index in [0.717, 1.165) is 32.1 Å². The Balaban J connectivity index is 2.14. The minimum Gasteiger partial charge on any atom is -0.481 e. The van der Waals surface area contributed by atoms with Gasteiger partial charge in [-0.1, -0.05) is 13.8 Å². The second kappa shape index (κ2) is 7.39. The first-order chi connectivity index (χ1) is 8.49. The van der Waals surface area contributed by atoms with Crippen molar-refractivity contribution in [3.05, 3.63) is 0 Å². The molecule has 0 radical (unpaired) electrons. The fraction of sp³-hybridized carbons (Fsp3) is 0.857. The van der Waals surface area contributed by atoms with Gasteiger partial charge in [0.15, 0.2) is 0 Å². The van der Waals surface area contributed by atoms with Crippen LogP contribution in [-0.2, 0) is 9.59 Å². The first-order valence-corrected chi connectivity index (χ1v) is 6.98. The molecule has 0 saturated heterocycles. The van der Waals surface area contributed by atoms with Crippen LogP contribution >= 0.6 is 0 Å². The average molecular weight is 255 g/mol. The zero-order valence-corrected chi connectivity index (χ0v) is 11.4. The molecule has 4 heteroatoms. The highest BCUT2D eigenvalue weighted by atomic mass is 16.4. The summed E-state index contributed by atoms with van der Waals surface area (Å²) in [5.74, 6) is 0.307. The first-order valence-electron chi connectivity index (χ1n) is 6.98. The molecule has 18 heavy (non-hydrogen) atoms. The Morgan fingerprint density at radius 3 is 2.33 bits per heavy atom. The van der Waals surface area contributed by atoms with Crippen LogP contribution in [0.4, 0.5) is 0 Å². The molecule has 1 saturated carbocycles. The van der Waals surface area contributed by atoms with E-state index in [1.165, 1.54) is 0 Å². The number of rotatable bonds is 6. The van der Waals surface area contributed by atoms with Crippen molar-refractivity contribution in [2.45, 2.75) is 52.4 Å². The van der Waals surface area contributed by atoms with Gasteiger partial charge in [-0.2, -0.15) is 0 Å². The van der Waals surface area contributed by atoms with E-state index in [4.69, 9.17) is 5.11 Å². The molecule has 0 aromatic carbocycles. The smallest absolute Gasteiger partial charge is 0.306 e. The Morgan fingerprint density at radius 1 is 1.22 bits per heavy atom. The Labute approximate surface area is 109 Å². The third-order valence-electron chi connectivity index (χ3n) is 3.73. The molecule has 1 rings (SSSR count). The molecule has 0 aliphatic heterocycles. The molecule has 2 N–H and O–H groups in total. The molecule has 0 aromatic heterocycles. The van der Waals surface area contributed by atoms with Gasteiger partial charge in [0, 0.05) is 13.0 Å². The van der Waals surface area contributed by atoms with Crippen molar-refractivity contribution in [3.63, 3.8) is 0 Å². The molecular formula is C14H25NO3. The van der Waals surface area contributed by atoms with E-state index in [9.17, 15) is 9.59 Å². The van der Waals surface area contributed by atoms with Gasteiger partial charge in [-0.15, -0.1) is 0 Å². The van der Waals surface area contributed by atoms with Crippen molar-refractivity contribution in [1.29, 1.82) is 0 Å². The lowest BCUT2D eigenvalue weighted by atomic mass is 9.82. The fourth-order valence-corrected chi connectivity index (χ4v) is 2.38. The molecule has 0 spiro atoms. The summed E-state index contributed by atoms with van der Waals surface area (Å²) < 4.78 is 0. The van der Waals surface area contributed by atoms with E-state index in [2.05, 4.69) is 19.2 Å². The molecule has 1 amide bonds. The maximum atomic E-state index is 11.6. The fourth-order valence-electron chi connectivity index (χ4n) is 2.38. The summed E-state index contributed by atoms with van der Waals surface area (Å²) in [6, 6.07) is 0. The molecule has 0 unspecified atom stereocenters. The topological polar surface area (TPSA) is 66.4 Å². The molecule has 1 aliphatic carbocycles. The molecule has 4 nitrogen and oxygen atoms in total. The van der Waals surface area contributed by atoms with Crippen LogP contribution in [0.15, 0.2) is 0 Å². The van der Waals surface area contributed by atoms with E-state index in [-0.39, 0.29) is 11.8 Å². The molecule has 1 fully saturated rings. The van der Waals surface area contributed by atoms with Crippen LogP contribution in [0.5, 0.6) is 0 Å². The van der Waals surface area contributed by atoms with E-state index in [1.54, 1.807) is 0 Å². The van der Waals surface area contributed by atoms with Gasteiger partial charge in [0.1, 0.15) is 0 Å². The van der Waals surface area contributed by atoms with Crippen LogP contribution in [0.3, 0.4) is 0 Å². The number of carboxylic acid groups (broad SMARTS) is 1. The van der Waals surface area contributed by atoms with E-state index < -0.39 is 5.97 Å². The molecule has 0 bridgehead atoms. The number of carboxylic acids is 1. The van der Waals surface area contributed by atoms with Crippen LogP contribution in [0.1, 0.15) is 52.4 Å². The van der Waals surface area contributed by atoms with Crippen LogP contribution in [0.2, 0.25) is 0 Å². The number of aliphatic carboxylic acids is 1. The lowest BCUT2D eigenvalue weighted by Crippen LogP contribution is -2.32. The van der Waals surface area contributed by atoms with Crippen LogP contribution < -0.4 is 5.32 Å². The molecule has 104 valence electrons. The second-order valence-electron chi connectivity index (χ2n) is 5.79. The number of carbonyl (C=O) groups excluding carboxylic acids is 1. The quantitative estimate of drug-likeness (QED) is 0.766. The van der Waals surface area contributed by atoms with Crippen molar-refractivity contribution < 1.29 is 14.7 Å². The monoisotopic (exact) mass is 255 g/mol. The van der Waals surface area contributed by atoms with Gasteiger partial charge in [-0.05, 0) is 43.9 Å². The van der Waals surface area contributed by atoms with Gasteiger partial charge in [0.25, 0.3) is 0 Å². The summed E-state index contributed by atoms with van der Waals surface area (Å²) in [7, 11) is 0. The Hall–Kier alpha value is -1.06. The predicted octanol–water partition coefficient (Wildman–Crippen LogP) is 2.43. The molecule has 0 aromatic rings. The highest BCUT2D eigenvalue weighted by molar-refractivity contribution is 5.75. The Bertz CT molecular complexity index is 281. The number of hydrogen-bond donors (Lipinski definition) is 2. The average Bonchev–Trinajstić information content (AvgIpc) is 2.34. The van der Waals surface area contributed by atoms with E-state index >= 15 is 0 Å². The van der Waals surface area contributed by atoms with Crippen LogP contribution in [-0.4, -0.2) is 23.5 Å². The van der Waals surface area contributed by atoms with E-state index in [0.29, 0.717) is 24.8 Å². The summed E-state index contributed by atoms with van der Waals surface area (Å²) in [6.07, 6.45) is 4.87. The van der Waals surface area contributed by atoms with Gasteiger partial charge in [-0.3, -0.25) is 9.59 Å². The zero-order valence-electron chi connectivity index (χ0n) is 11.4. The van der Waals surface area contributed by atoms with Gasteiger partial charge < -0.3 is 10.4 Å². The number of nitrogens with one attached hydrogen (secondary N) is 1. The van der Waals surface area contributed by atoms with Crippen molar-refractivity contribution in [2.75, 3.05) is 6.54 Å². The highest BCUT2D eigenvalue weighted by Crippen LogP contribution is 2.28. The molecular weight excluding hydrogens is 230 g/mol. The lowest BCUT2D eigenvalue weighted by molar-refractivity contribution is -0.143. The van der Waals surface area contributed by atoms with E-state index in [1.807, 2.05) is 0 Å². The number of carbonyl (C=O) groups is 2. The summed E-state index contributed by atoms with van der Waals surface area (Å²) in [6.45, 7) is 4.93. The standard InChI is InChI=1S/C14H25NO3/c1-10(2)3-8-13(16)15-9-11-4-6-12(7-5-11)14(17)18/h10-12H,3-9H2,1-2H3,(H,15,16)(H,17,18). The summed E-state index contributed by atoms with van der Waals surface area (Å²) in [5.41, 5.74) is 0. The maximum Gasteiger partial charge on any atom is 0.306 e. The number of amides is 1. The summed E-state index contributed by atoms with van der Waals surface area (Å²) in [5, 5.41) is 11.9. The number of hydrogen-bond acceptors (Lipinski definition) is 2. The van der Waals surface area contributed by atoms with Crippen LogP contribution in [0, 0.1) is 17.8 Å². The Kier molecular flexibility index (Phi) is 6.16. The van der Waals surface area contributed by atoms with Gasteiger partial charge >= 0.3 is 5.97 Å².